The van der Waals surface area contributed by atoms with E-state index in [1.54, 1.807) is 6.20 Å². The summed E-state index contributed by atoms with van der Waals surface area (Å²) in [5.41, 5.74) is 2.89. The number of fused-ring (bicyclic) bond motifs is 1. The van der Waals surface area contributed by atoms with Gasteiger partial charge in [-0.2, -0.15) is 0 Å². The Morgan fingerprint density at radius 3 is 2.79 bits per heavy atom. The third-order valence-corrected chi connectivity index (χ3v) is 3.09. The minimum atomic E-state index is 0.114. The molecule has 1 aliphatic rings. The highest BCUT2D eigenvalue weighted by Crippen LogP contribution is 2.34. The zero-order valence-electron chi connectivity index (χ0n) is 10.5. The lowest BCUT2D eigenvalue weighted by atomic mass is 10.0. The predicted molar refractivity (Wildman–Crippen MR) is 71.5 cm³/mol. The molecule has 3 rings (SSSR count). The molecule has 2 aromatic rings. The molecule has 0 atom stereocenters. The molecule has 0 amide bonds. The fourth-order valence-electron chi connectivity index (χ4n) is 2.21. The quantitative estimate of drug-likeness (QED) is 0.914. The van der Waals surface area contributed by atoms with Crippen molar-refractivity contribution in [3.05, 3.63) is 42.1 Å². The maximum absolute atomic E-state index is 9.11. The predicted octanol–water partition coefficient (Wildman–Crippen LogP) is 2.05. The Hall–Kier alpha value is -2.07. The summed E-state index contributed by atoms with van der Waals surface area (Å²) in [4.78, 5) is 4.41. The molecule has 0 bridgehead atoms. The number of ether oxygens (including phenoxy) is 2. The van der Waals surface area contributed by atoms with Crippen LogP contribution >= 0.6 is 0 Å². The summed E-state index contributed by atoms with van der Waals surface area (Å²) in [5.74, 6) is 1.53. The third kappa shape index (κ3) is 2.39. The molecule has 2 heterocycles. The van der Waals surface area contributed by atoms with Gasteiger partial charge in [0.15, 0.2) is 11.5 Å². The Morgan fingerprint density at radius 2 is 1.95 bits per heavy atom. The van der Waals surface area contributed by atoms with E-state index in [4.69, 9.17) is 14.6 Å². The van der Waals surface area contributed by atoms with E-state index in [1.807, 2.05) is 30.3 Å². The zero-order valence-corrected chi connectivity index (χ0v) is 10.5. The first-order valence-corrected chi connectivity index (χ1v) is 6.33. The van der Waals surface area contributed by atoms with Crippen molar-refractivity contribution in [2.75, 3.05) is 19.8 Å². The average Bonchev–Trinajstić information content (AvgIpc) is 2.48. The fraction of sp³-hybridized carbons (Fsp3) is 0.267. The molecule has 1 aliphatic heterocycles. The first-order chi connectivity index (χ1) is 9.38. The van der Waals surface area contributed by atoms with Gasteiger partial charge >= 0.3 is 0 Å². The SMILES string of the molecule is OCCc1cccnc1-c1ccc2c(c1)OCCO2. The molecule has 0 unspecified atom stereocenters. The Labute approximate surface area is 111 Å². The standard InChI is InChI=1S/C15H15NO3/c17-7-5-11-2-1-6-16-15(11)12-3-4-13-14(10-12)19-9-8-18-13/h1-4,6,10,17H,5,7-9H2. The molecule has 0 saturated heterocycles. The molecule has 0 radical (unpaired) electrons. The number of aliphatic hydroxyl groups excluding tert-OH is 1. The van der Waals surface area contributed by atoms with Crippen molar-refractivity contribution in [2.45, 2.75) is 6.42 Å². The Morgan fingerprint density at radius 1 is 1.11 bits per heavy atom. The van der Waals surface area contributed by atoms with Crippen molar-refractivity contribution in [1.82, 2.24) is 4.98 Å². The van der Waals surface area contributed by atoms with Gasteiger partial charge in [0.1, 0.15) is 13.2 Å². The normalized spacial score (nSPS) is 13.3. The lowest BCUT2D eigenvalue weighted by molar-refractivity contribution is 0.171. The van der Waals surface area contributed by atoms with E-state index in [-0.39, 0.29) is 6.61 Å². The minimum Gasteiger partial charge on any atom is -0.486 e. The monoisotopic (exact) mass is 257 g/mol. The van der Waals surface area contributed by atoms with Crippen molar-refractivity contribution < 1.29 is 14.6 Å². The van der Waals surface area contributed by atoms with Gasteiger partial charge in [-0.1, -0.05) is 6.07 Å². The molecular formula is C15H15NO3. The summed E-state index contributed by atoms with van der Waals surface area (Å²) in [6.07, 6.45) is 2.35. The van der Waals surface area contributed by atoms with E-state index < -0.39 is 0 Å². The van der Waals surface area contributed by atoms with Crippen molar-refractivity contribution >= 4 is 0 Å². The first kappa shape index (κ1) is 12.0. The van der Waals surface area contributed by atoms with Crippen molar-refractivity contribution in [2.24, 2.45) is 0 Å². The number of benzene rings is 1. The van der Waals surface area contributed by atoms with Crippen LogP contribution in [0.2, 0.25) is 0 Å². The molecule has 1 aromatic heterocycles. The number of pyridine rings is 1. The highest BCUT2D eigenvalue weighted by molar-refractivity contribution is 5.67. The van der Waals surface area contributed by atoms with Crippen LogP contribution in [0.15, 0.2) is 36.5 Å². The number of rotatable bonds is 3. The van der Waals surface area contributed by atoms with Crippen LogP contribution in [-0.2, 0) is 6.42 Å². The van der Waals surface area contributed by atoms with Gasteiger partial charge < -0.3 is 14.6 Å². The Bertz CT molecular complexity index is 583. The highest BCUT2D eigenvalue weighted by atomic mass is 16.6. The van der Waals surface area contributed by atoms with E-state index in [0.29, 0.717) is 19.6 Å². The van der Waals surface area contributed by atoms with Crippen LogP contribution in [0.4, 0.5) is 0 Å². The summed E-state index contributed by atoms with van der Waals surface area (Å²) in [6, 6.07) is 9.68. The van der Waals surface area contributed by atoms with Crippen molar-refractivity contribution in [3.63, 3.8) is 0 Å². The smallest absolute Gasteiger partial charge is 0.162 e. The lowest BCUT2D eigenvalue weighted by Gasteiger charge is -2.19. The maximum Gasteiger partial charge on any atom is 0.162 e. The second-order valence-electron chi connectivity index (χ2n) is 4.34. The van der Waals surface area contributed by atoms with Crippen LogP contribution in [0.1, 0.15) is 5.56 Å². The van der Waals surface area contributed by atoms with Gasteiger partial charge in [-0.05, 0) is 36.2 Å². The molecule has 0 aliphatic carbocycles. The van der Waals surface area contributed by atoms with E-state index in [2.05, 4.69) is 4.98 Å². The van der Waals surface area contributed by atoms with E-state index in [0.717, 1.165) is 28.3 Å². The molecule has 1 aromatic carbocycles. The van der Waals surface area contributed by atoms with Crippen LogP contribution < -0.4 is 9.47 Å². The molecular weight excluding hydrogens is 242 g/mol. The minimum absolute atomic E-state index is 0.114. The topological polar surface area (TPSA) is 51.6 Å². The lowest BCUT2D eigenvalue weighted by Crippen LogP contribution is -2.15. The van der Waals surface area contributed by atoms with Crippen LogP contribution in [0, 0.1) is 0 Å². The van der Waals surface area contributed by atoms with E-state index in [1.165, 1.54) is 0 Å². The number of hydrogen-bond acceptors (Lipinski definition) is 4. The van der Waals surface area contributed by atoms with Crippen molar-refractivity contribution in [3.8, 4) is 22.8 Å². The molecule has 1 N–H and O–H groups in total. The molecule has 0 saturated carbocycles. The number of aromatic nitrogens is 1. The van der Waals surface area contributed by atoms with Gasteiger partial charge in [0.2, 0.25) is 0 Å². The van der Waals surface area contributed by atoms with Gasteiger partial charge in [-0.25, -0.2) is 0 Å². The summed E-state index contributed by atoms with van der Waals surface area (Å²) < 4.78 is 11.1. The zero-order chi connectivity index (χ0) is 13.1. The largest absolute Gasteiger partial charge is 0.486 e. The molecule has 98 valence electrons. The van der Waals surface area contributed by atoms with Gasteiger partial charge in [0.25, 0.3) is 0 Å². The van der Waals surface area contributed by atoms with E-state index in [9.17, 15) is 0 Å². The van der Waals surface area contributed by atoms with Gasteiger partial charge in [-0.3, -0.25) is 4.98 Å². The van der Waals surface area contributed by atoms with Crippen LogP contribution in [0.3, 0.4) is 0 Å². The summed E-state index contributed by atoms with van der Waals surface area (Å²) >= 11 is 0. The number of aliphatic hydroxyl groups is 1. The summed E-state index contributed by atoms with van der Waals surface area (Å²) in [6.45, 7) is 1.27. The number of nitrogens with zero attached hydrogens (tertiary/aromatic N) is 1. The average molecular weight is 257 g/mol. The van der Waals surface area contributed by atoms with E-state index >= 15 is 0 Å². The summed E-state index contributed by atoms with van der Waals surface area (Å²) in [5, 5.41) is 9.11. The molecule has 4 nitrogen and oxygen atoms in total. The van der Waals surface area contributed by atoms with Crippen LogP contribution in [0.5, 0.6) is 11.5 Å². The first-order valence-electron chi connectivity index (χ1n) is 6.33. The highest BCUT2D eigenvalue weighted by Gasteiger charge is 2.14. The second-order valence-corrected chi connectivity index (χ2v) is 4.34. The third-order valence-electron chi connectivity index (χ3n) is 3.09. The van der Waals surface area contributed by atoms with Crippen molar-refractivity contribution in [1.29, 1.82) is 0 Å². The molecule has 19 heavy (non-hydrogen) atoms. The van der Waals surface area contributed by atoms with Crippen LogP contribution in [-0.4, -0.2) is 29.9 Å². The molecule has 0 spiro atoms. The molecule has 0 fully saturated rings. The second kappa shape index (κ2) is 5.28. The maximum atomic E-state index is 9.11. The van der Waals surface area contributed by atoms with Gasteiger partial charge in [0.05, 0.1) is 5.69 Å². The fourth-order valence-corrected chi connectivity index (χ4v) is 2.21. The Kier molecular flexibility index (Phi) is 3.33. The summed E-state index contributed by atoms with van der Waals surface area (Å²) in [7, 11) is 0. The van der Waals surface area contributed by atoms with Gasteiger partial charge in [0, 0.05) is 18.4 Å². The van der Waals surface area contributed by atoms with Crippen LogP contribution in [0.25, 0.3) is 11.3 Å². The number of hydrogen-bond donors (Lipinski definition) is 1. The molecule has 4 heteroatoms. The Balaban J connectivity index is 2.02. The van der Waals surface area contributed by atoms with Gasteiger partial charge in [-0.15, -0.1) is 0 Å².